The van der Waals surface area contributed by atoms with E-state index in [4.69, 9.17) is 19.4 Å². The van der Waals surface area contributed by atoms with Crippen LogP contribution in [-0.2, 0) is 9.47 Å². The lowest BCUT2D eigenvalue weighted by molar-refractivity contribution is -0.0819. The Morgan fingerprint density at radius 3 is 2.62 bits per heavy atom. The van der Waals surface area contributed by atoms with E-state index in [0.717, 1.165) is 28.1 Å². The Hall–Kier alpha value is -2.50. The zero-order valence-electron chi connectivity index (χ0n) is 13.3. The average molecular weight is 321 g/mol. The van der Waals surface area contributed by atoms with Crippen molar-refractivity contribution in [3.63, 3.8) is 0 Å². The van der Waals surface area contributed by atoms with Crippen LogP contribution in [0.5, 0.6) is 0 Å². The van der Waals surface area contributed by atoms with Crippen LogP contribution in [0.25, 0.3) is 22.3 Å². The van der Waals surface area contributed by atoms with E-state index < -0.39 is 0 Å². The van der Waals surface area contributed by atoms with Crippen molar-refractivity contribution in [1.82, 2.24) is 9.97 Å². The second-order valence-corrected chi connectivity index (χ2v) is 5.73. The van der Waals surface area contributed by atoms with Gasteiger partial charge in [-0.3, -0.25) is 0 Å². The number of fused-ring (bicyclic) bond motifs is 1. The molecule has 3 aromatic rings. The van der Waals surface area contributed by atoms with Crippen molar-refractivity contribution in [2.24, 2.45) is 0 Å². The van der Waals surface area contributed by atoms with E-state index in [9.17, 15) is 0 Å². The van der Waals surface area contributed by atoms with Gasteiger partial charge >= 0.3 is 0 Å². The van der Waals surface area contributed by atoms with Crippen LogP contribution >= 0.6 is 0 Å². The molecule has 0 spiro atoms. The summed E-state index contributed by atoms with van der Waals surface area (Å²) in [5.74, 6) is 1.55. The van der Waals surface area contributed by atoms with Crippen molar-refractivity contribution < 1.29 is 9.47 Å². The number of nitrogens with one attached hydrogen (secondary N) is 1. The molecule has 2 heterocycles. The van der Waals surface area contributed by atoms with E-state index in [2.05, 4.69) is 5.32 Å². The van der Waals surface area contributed by atoms with E-state index in [0.29, 0.717) is 26.4 Å². The van der Waals surface area contributed by atoms with Crippen LogP contribution in [-0.4, -0.2) is 42.4 Å². The fraction of sp³-hybridized carbons (Fsp3) is 0.263. The maximum absolute atomic E-state index is 5.70. The standard InChI is InChI=1S/C19H19N3O2/c1-2-6-14(7-3-1)18-21-17-9-5-4-8-16(17)19(22-18)20-12-15-13-23-10-11-24-15/h1-9,15H,10-13H2,(H,20,21,22). The third-order valence-electron chi connectivity index (χ3n) is 4.02. The number of ether oxygens (including phenoxy) is 2. The second kappa shape index (κ2) is 6.95. The Labute approximate surface area is 140 Å². The molecule has 1 atom stereocenters. The molecule has 5 nitrogen and oxygen atoms in total. The van der Waals surface area contributed by atoms with Crippen molar-refractivity contribution in [2.45, 2.75) is 6.10 Å². The summed E-state index contributed by atoms with van der Waals surface area (Å²) in [4.78, 5) is 9.43. The summed E-state index contributed by atoms with van der Waals surface area (Å²) in [5, 5.41) is 4.42. The molecule has 4 rings (SSSR count). The van der Waals surface area contributed by atoms with Gasteiger partial charge in [0.2, 0.25) is 0 Å². The second-order valence-electron chi connectivity index (χ2n) is 5.73. The van der Waals surface area contributed by atoms with Gasteiger partial charge in [0.15, 0.2) is 5.82 Å². The van der Waals surface area contributed by atoms with Gasteiger partial charge in [-0.2, -0.15) is 0 Å². The number of hydrogen-bond acceptors (Lipinski definition) is 5. The van der Waals surface area contributed by atoms with Gasteiger partial charge in [-0.15, -0.1) is 0 Å². The molecule has 0 radical (unpaired) electrons. The van der Waals surface area contributed by atoms with E-state index in [1.807, 2.05) is 54.6 Å². The Morgan fingerprint density at radius 1 is 0.958 bits per heavy atom. The first-order valence-electron chi connectivity index (χ1n) is 8.15. The van der Waals surface area contributed by atoms with Gasteiger partial charge < -0.3 is 14.8 Å². The zero-order valence-corrected chi connectivity index (χ0v) is 13.3. The summed E-state index contributed by atoms with van der Waals surface area (Å²) in [5.41, 5.74) is 1.93. The molecule has 0 bridgehead atoms. The number of nitrogens with zero attached hydrogens (tertiary/aromatic N) is 2. The molecule has 0 amide bonds. The van der Waals surface area contributed by atoms with Crippen LogP contribution < -0.4 is 5.32 Å². The van der Waals surface area contributed by atoms with Gasteiger partial charge in [0.25, 0.3) is 0 Å². The van der Waals surface area contributed by atoms with E-state index in [1.165, 1.54) is 0 Å². The lowest BCUT2D eigenvalue weighted by Crippen LogP contribution is -2.34. The molecule has 1 N–H and O–H groups in total. The number of aromatic nitrogens is 2. The topological polar surface area (TPSA) is 56.3 Å². The lowest BCUT2D eigenvalue weighted by atomic mass is 10.2. The molecule has 1 fully saturated rings. The molecule has 2 aromatic carbocycles. The summed E-state index contributed by atoms with van der Waals surface area (Å²) in [6, 6.07) is 18.1. The molecule has 1 aliphatic rings. The largest absolute Gasteiger partial charge is 0.376 e. The van der Waals surface area contributed by atoms with Crippen LogP contribution in [0, 0.1) is 0 Å². The van der Waals surface area contributed by atoms with Crippen molar-refractivity contribution in [3.05, 3.63) is 54.6 Å². The highest BCUT2D eigenvalue weighted by atomic mass is 16.6. The zero-order chi connectivity index (χ0) is 16.2. The first-order valence-corrected chi connectivity index (χ1v) is 8.15. The Balaban J connectivity index is 1.67. The van der Waals surface area contributed by atoms with Gasteiger partial charge in [-0.1, -0.05) is 42.5 Å². The van der Waals surface area contributed by atoms with E-state index in [1.54, 1.807) is 0 Å². The molecule has 0 saturated carbocycles. The van der Waals surface area contributed by atoms with Gasteiger partial charge in [-0.25, -0.2) is 9.97 Å². The molecule has 1 aliphatic heterocycles. The first kappa shape index (κ1) is 15.1. The molecule has 0 aliphatic carbocycles. The van der Waals surface area contributed by atoms with E-state index >= 15 is 0 Å². The Kier molecular flexibility index (Phi) is 4.36. The number of para-hydroxylation sites is 1. The minimum Gasteiger partial charge on any atom is -0.376 e. The number of rotatable bonds is 4. The van der Waals surface area contributed by atoms with Crippen molar-refractivity contribution in [3.8, 4) is 11.4 Å². The molecule has 1 saturated heterocycles. The Bertz CT molecular complexity index is 817. The minimum atomic E-state index is 0.0488. The quantitative estimate of drug-likeness (QED) is 0.800. The van der Waals surface area contributed by atoms with Crippen LogP contribution in [0.1, 0.15) is 0 Å². The van der Waals surface area contributed by atoms with Crippen LogP contribution in [0.2, 0.25) is 0 Å². The number of anilines is 1. The van der Waals surface area contributed by atoms with Crippen molar-refractivity contribution in [2.75, 3.05) is 31.7 Å². The summed E-state index contributed by atoms with van der Waals surface area (Å²) in [6.07, 6.45) is 0.0488. The fourth-order valence-corrected chi connectivity index (χ4v) is 2.79. The van der Waals surface area contributed by atoms with Gasteiger partial charge in [-0.05, 0) is 12.1 Å². The van der Waals surface area contributed by atoms with E-state index in [-0.39, 0.29) is 6.10 Å². The smallest absolute Gasteiger partial charge is 0.162 e. The predicted octanol–water partition coefficient (Wildman–Crippen LogP) is 3.12. The molecular formula is C19H19N3O2. The molecule has 24 heavy (non-hydrogen) atoms. The summed E-state index contributed by atoms with van der Waals surface area (Å²) < 4.78 is 11.1. The monoisotopic (exact) mass is 321 g/mol. The van der Waals surface area contributed by atoms with Crippen LogP contribution in [0.15, 0.2) is 54.6 Å². The Morgan fingerprint density at radius 2 is 1.79 bits per heavy atom. The summed E-state index contributed by atoms with van der Waals surface area (Å²) in [7, 11) is 0. The molecular weight excluding hydrogens is 302 g/mol. The molecule has 1 unspecified atom stereocenters. The highest BCUT2D eigenvalue weighted by Crippen LogP contribution is 2.24. The lowest BCUT2D eigenvalue weighted by Gasteiger charge is -2.23. The van der Waals surface area contributed by atoms with Crippen molar-refractivity contribution in [1.29, 1.82) is 0 Å². The average Bonchev–Trinajstić information content (AvgIpc) is 2.67. The minimum absolute atomic E-state index is 0.0488. The fourth-order valence-electron chi connectivity index (χ4n) is 2.79. The third-order valence-corrected chi connectivity index (χ3v) is 4.02. The van der Waals surface area contributed by atoms with Crippen LogP contribution in [0.3, 0.4) is 0 Å². The predicted molar refractivity (Wildman–Crippen MR) is 94.0 cm³/mol. The maximum atomic E-state index is 5.70. The van der Waals surface area contributed by atoms with Gasteiger partial charge in [0, 0.05) is 17.5 Å². The summed E-state index contributed by atoms with van der Waals surface area (Å²) >= 11 is 0. The number of hydrogen-bond donors (Lipinski definition) is 1. The first-order chi connectivity index (χ1) is 11.9. The molecule has 5 heteroatoms. The number of benzene rings is 2. The highest BCUT2D eigenvalue weighted by molar-refractivity contribution is 5.90. The molecule has 122 valence electrons. The summed E-state index contributed by atoms with van der Waals surface area (Å²) in [6.45, 7) is 2.59. The highest BCUT2D eigenvalue weighted by Gasteiger charge is 2.15. The SMILES string of the molecule is c1ccc(-c2nc(NCC3COCCO3)c3ccccc3n2)cc1. The van der Waals surface area contributed by atoms with Crippen LogP contribution in [0.4, 0.5) is 5.82 Å². The normalized spacial score (nSPS) is 17.8. The van der Waals surface area contributed by atoms with Gasteiger partial charge in [0.1, 0.15) is 5.82 Å². The maximum Gasteiger partial charge on any atom is 0.162 e. The van der Waals surface area contributed by atoms with Crippen molar-refractivity contribution >= 4 is 16.7 Å². The van der Waals surface area contributed by atoms with Gasteiger partial charge in [0.05, 0.1) is 31.4 Å². The molecule has 1 aromatic heterocycles. The third kappa shape index (κ3) is 3.22.